The predicted molar refractivity (Wildman–Crippen MR) is 32.8 cm³/mol. The third-order valence-electron chi connectivity index (χ3n) is 0.667. The normalized spacial score (nSPS) is 12.7. The van der Waals surface area contributed by atoms with Crippen LogP contribution in [0.3, 0.4) is 0 Å². The van der Waals surface area contributed by atoms with Crippen LogP contribution in [0.4, 0.5) is 4.79 Å². The summed E-state index contributed by atoms with van der Waals surface area (Å²) >= 11 is 5.15. The van der Waals surface area contributed by atoms with Gasteiger partial charge in [0.2, 0.25) is 0 Å². The van der Waals surface area contributed by atoms with Gasteiger partial charge in [-0.1, -0.05) is 0 Å². The van der Waals surface area contributed by atoms with Gasteiger partial charge in [-0.15, -0.1) is 11.6 Å². The maximum absolute atomic E-state index is 9.75. The lowest BCUT2D eigenvalue weighted by atomic mass is 10.4. The summed E-state index contributed by atoms with van der Waals surface area (Å²) in [6, 6.07) is 0. The van der Waals surface area contributed by atoms with E-state index in [1.54, 1.807) is 0 Å². The number of rotatable bonds is 3. The lowest BCUT2D eigenvalue weighted by Gasteiger charge is -2.04. The molecule has 1 atom stereocenters. The molecule has 0 rings (SSSR count). The molecule has 4 nitrogen and oxygen atoms in total. The summed E-state index contributed by atoms with van der Waals surface area (Å²) in [4.78, 5) is 9.75. The minimum absolute atomic E-state index is 0.0150. The molecule has 0 aliphatic heterocycles. The first kappa shape index (κ1) is 8.52. The Bertz CT molecular complexity index is 97.8. The van der Waals surface area contributed by atoms with Gasteiger partial charge in [-0.25, -0.2) is 4.79 Å². The molecule has 1 amide bonds. The summed E-state index contributed by atoms with van der Waals surface area (Å²) in [6.45, 7) is -0.0150. The van der Waals surface area contributed by atoms with Crippen LogP contribution in [0.5, 0.6) is 0 Å². The molecule has 54 valence electrons. The largest absolute Gasteiger partial charge is 0.465 e. The van der Waals surface area contributed by atoms with Crippen molar-refractivity contribution in [3.05, 3.63) is 0 Å². The zero-order valence-electron chi connectivity index (χ0n) is 4.67. The summed E-state index contributed by atoms with van der Waals surface area (Å²) < 4.78 is 0. The third-order valence-corrected chi connectivity index (χ3v) is 1.02. The number of halogens is 1. The van der Waals surface area contributed by atoms with Crippen LogP contribution in [-0.4, -0.2) is 34.8 Å². The van der Waals surface area contributed by atoms with Crippen LogP contribution in [0.2, 0.25) is 0 Å². The molecule has 0 aromatic rings. The van der Waals surface area contributed by atoms with Crippen molar-refractivity contribution >= 4 is 17.7 Å². The van der Waals surface area contributed by atoms with Crippen LogP contribution in [0.1, 0.15) is 0 Å². The molecule has 0 aromatic heterocycles. The highest BCUT2D eigenvalue weighted by Gasteiger charge is 2.01. The molecule has 0 saturated carbocycles. The fourth-order valence-electron chi connectivity index (χ4n) is 0.260. The Labute approximate surface area is 57.4 Å². The minimum Gasteiger partial charge on any atom is -0.465 e. The van der Waals surface area contributed by atoms with Crippen molar-refractivity contribution < 1.29 is 15.0 Å². The van der Waals surface area contributed by atoms with Gasteiger partial charge in [-0.05, 0) is 0 Å². The molecule has 0 unspecified atom stereocenters. The van der Waals surface area contributed by atoms with E-state index in [4.69, 9.17) is 21.8 Å². The quantitative estimate of drug-likeness (QED) is 0.494. The predicted octanol–water partition coefficient (Wildman–Crippen LogP) is -0.146. The molecular weight excluding hydrogens is 146 g/mol. The van der Waals surface area contributed by atoms with E-state index in [0.717, 1.165) is 0 Å². The monoisotopic (exact) mass is 153 g/mol. The first-order chi connectivity index (χ1) is 4.16. The summed E-state index contributed by atoms with van der Waals surface area (Å²) in [5, 5.41) is 18.6. The second-order valence-electron chi connectivity index (χ2n) is 1.49. The van der Waals surface area contributed by atoms with E-state index in [-0.39, 0.29) is 12.4 Å². The van der Waals surface area contributed by atoms with Crippen molar-refractivity contribution in [2.45, 2.75) is 6.10 Å². The van der Waals surface area contributed by atoms with Gasteiger partial charge in [-0.3, -0.25) is 0 Å². The van der Waals surface area contributed by atoms with Crippen molar-refractivity contribution in [3.8, 4) is 0 Å². The zero-order valence-corrected chi connectivity index (χ0v) is 5.43. The number of alkyl halides is 1. The second kappa shape index (κ2) is 4.40. The first-order valence-corrected chi connectivity index (χ1v) is 2.91. The van der Waals surface area contributed by atoms with Crippen LogP contribution >= 0.6 is 11.6 Å². The van der Waals surface area contributed by atoms with Gasteiger partial charge in [-0.2, -0.15) is 0 Å². The molecule has 9 heavy (non-hydrogen) atoms. The van der Waals surface area contributed by atoms with Crippen molar-refractivity contribution in [3.63, 3.8) is 0 Å². The fourth-order valence-corrected chi connectivity index (χ4v) is 0.369. The standard InChI is InChI=1S/C4H8ClNO3/c5-1-3(7)2-6-4(8)9/h3,6-7H,1-2H2,(H,8,9)/t3-/m1/s1. The Morgan fingerprint density at radius 1 is 1.78 bits per heavy atom. The molecule has 0 bridgehead atoms. The van der Waals surface area contributed by atoms with E-state index >= 15 is 0 Å². The topological polar surface area (TPSA) is 69.6 Å². The van der Waals surface area contributed by atoms with Crippen LogP contribution in [-0.2, 0) is 0 Å². The van der Waals surface area contributed by atoms with Gasteiger partial charge in [0.05, 0.1) is 12.0 Å². The van der Waals surface area contributed by atoms with Crippen LogP contribution in [0.25, 0.3) is 0 Å². The Morgan fingerprint density at radius 2 is 2.33 bits per heavy atom. The molecule has 0 spiro atoms. The first-order valence-electron chi connectivity index (χ1n) is 2.37. The zero-order chi connectivity index (χ0) is 7.28. The van der Waals surface area contributed by atoms with Gasteiger partial charge >= 0.3 is 6.09 Å². The Hall–Kier alpha value is -0.480. The van der Waals surface area contributed by atoms with E-state index in [2.05, 4.69) is 0 Å². The van der Waals surface area contributed by atoms with E-state index in [9.17, 15) is 4.79 Å². The maximum Gasteiger partial charge on any atom is 0.404 e. The Morgan fingerprint density at radius 3 is 2.67 bits per heavy atom. The van der Waals surface area contributed by atoms with Crippen LogP contribution in [0.15, 0.2) is 0 Å². The van der Waals surface area contributed by atoms with E-state index < -0.39 is 12.2 Å². The van der Waals surface area contributed by atoms with Gasteiger partial charge in [0.25, 0.3) is 0 Å². The fraction of sp³-hybridized carbons (Fsp3) is 0.750. The highest BCUT2D eigenvalue weighted by Crippen LogP contribution is 1.83. The second-order valence-corrected chi connectivity index (χ2v) is 1.80. The average molecular weight is 154 g/mol. The molecule has 0 heterocycles. The Balaban J connectivity index is 3.16. The van der Waals surface area contributed by atoms with Crippen molar-refractivity contribution in [2.75, 3.05) is 12.4 Å². The number of amides is 1. The number of aliphatic hydroxyl groups excluding tert-OH is 1. The van der Waals surface area contributed by atoms with Gasteiger partial charge < -0.3 is 15.5 Å². The van der Waals surface area contributed by atoms with Gasteiger partial charge in [0, 0.05) is 6.54 Å². The molecule has 5 heteroatoms. The van der Waals surface area contributed by atoms with Gasteiger partial charge in [0.1, 0.15) is 0 Å². The summed E-state index contributed by atoms with van der Waals surface area (Å²) in [5.74, 6) is 0.0419. The van der Waals surface area contributed by atoms with Crippen molar-refractivity contribution in [2.24, 2.45) is 0 Å². The average Bonchev–Trinajstić information content (AvgIpc) is 1.83. The molecule has 0 fully saturated rings. The highest BCUT2D eigenvalue weighted by molar-refractivity contribution is 6.18. The van der Waals surface area contributed by atoms with Gasteiger partial charge in [0.15, 0.2) is 0 Å². The maximum atomic E-state index is 9.75. The molecule has 0 radical (unpaired) electrons. The van der Waals surface area contributed by atoms with E-state index in [1.165, 1.54) is 0 Å². The summed E-state index contributed by atoms with van der Waals surface area (Å²) in [6.07, 6.45) is -1.94. The lowest BCUT2D eigenvalue weighted by molar-refractivity contribution is 0.170. The lowest BCUT2D eigenvalue weighted by Crippen LogP contribution is -2.31. The highest BCUT2D eigenvalue weighted by atomic mass is 35.5. The van der Waals surface area contributed by atoms with E-state index in [0.29, 0.717) is 0 Å². The van der Waals surface area contributed by atoms with E-state index in [1.807, 2.05) is 5.32 Å². The molecule has 3 N–H and O–H groups in total. The summed E-state index contributed by atoms with van der Waals surface area (Å²) in [5.41, 5.74) is 0. The molecule has 0 aliphatic carbocycles. The smallest absolute Gasteiger partial charge is 0.404 e. The number of hydrogen-bond donors (Lipinski definition) is 3. The molecule has 0 saturated heterocycles. The number of aliphatic hydroxyl groups is 1. The third kappa shape index (κ3) is 5.39. The van der Waals surface area contributed by atoms with Crippen molar-refractivity contribution in [1.82, 2.24) is 5.32 Å². The number of carboxylic acid groups (broad SMARTS) is 1. The molecule has 0 aromatic carbocycles. The Kier molecular flexibility index (Phi) is 4.17. The number of carbonyl (C=O) groups is 1. The van der Waals surface area contributed by atoms with Crippen LogP contribution in [0, 0.1) is 0 Å². The molecule has 0 aliphatic rings. The number of hydrogen-bond acceptors (Lipinski definition) is 2. The van der Waals surface area contributed by atoms with Crippen LogP contribution < -0.4 is 5.32 Å². The SMILES string of the molecule is O=C(O)NC[C@H](O)CCl. The minimum atomic E-state index is -1.15. The molecular formula is C4H8ClNO3. The van der Waals surface area contributed by atoms with Crippen molar-refractivity contribution in [1.29, 1.82) is 0 Å². The number of nitrogens with one attached hydrogen (secondary N) is 1. The summed E-state index contributed by atoms with van der Waals surface area (Å²) in [7, 11) is 0.